The van der Waals surface area contributed by atoms with Gasteiger partial charge in [-0.3, -0.25) is 9.69 Å². The van der Waals surface area contributed by atoms with Gasteiger partial charge in [0.1, 0.15) is 0 Å². The van der Waals surface area contributed by atoms with Crippen LogP contribution in [0.5, 0.6) is 0 Å². The molecule has 5 heteroatoms. The second-order valence-electron chi connectivity index (χ2n) is 3.54. The molecule has 1 unspecified atom stereocenters. The van der Waals surface area contributed by atoms with Gasteiger partial charge in [0.25, 0.3) is 5.91 Å². The van der Waals surface area contributed by atoms with E-state index in [-0.39, 0.29) is 12.1 Å². The first-order valence-corrected chi connectivity index (χ1v) is 4.85. The number of fused-ring (bicyclic) bond motifs is 1. The maximum Gasteiger partial charge on any atom is 0.264 e. The fourth-order valence-electron chi connectivity index (χ4n) is 1.82. The highest BCUT2D eigenvalue weighted by Crippen LogP contribution is 2.12. The van der Waals surface area contributed by atoms with Gasteiger partial charge < -0.3 is 15.8 Å². The smallest absolute Gasteiger partial charge is 0.264 e. The van der Waals surface area contributed by atoms with Crippen LogP contribution in [0.25, 0.3) is 0 Å². The third kappa shape index (κ3) is 1.88. The van der Waals surface area contributed by atoms with Gasteiger partial charge in [0, 0.05) is 26.1 Å². The van der Waals surface area contributed by atoms with Crippen molar-refractivity contribution in [2.45, 2.75) is 12.6 Å². The number of carbonyl (C=O) groups excluding carboxylic acids is 1. The molecular formula is C9H15N3O2. The Morgan fingerprint density at radius 1 is 1.64 bits per heavy atom. The minimum absolute atomic E-state index is 0.199. The zero-order chi connectivity index (χ0) is 9.97. The van der Waals surface area contributed by atoms with Crippen molar-refractivity contribution in [2.75, 3.05) is 26.3 Å². The van der Waals surface area contributed by atoms with Crippen LogP contribution in [0.4, 0.5) is 0 Å². The molecule has 2 aliphatic heterocycles. The normalized spacial score (nSPS) is 28.3. The van der Waals surface area contributed by atoms with Gasteiger partial charge in [0.15, 0.2) is 0 Å². The van der Waals surface area contributed by atoms with Crippen LogP contribution in [-0.4, -0.2) is 43.3 Å². The standard InChI is InChI=1S/C9H15N3O2/c10-9(13)7-1-3-12-4-6-14-5-2-8(12)11-7/h1,8,11H,2-6H2,(H2,10,13). The summed E-state index contributed by atoms with van der Waals surface area (Å²) in [7, 11) is 0. The van der Waals surface area contributed by atoms with E-state index >= 15 is 0 Å². The Labute approximate surface area is 82.9 Å². The molecule has 2 heterocycles. The number of nitrogens with one attached hydrogen (secondary N) is 1. The van der Waals surface area contributed by atoms with Crippen molar-refractivity contribution < 1.29 is 9.53 Å². The number of rotatable bonds is 1. The SMILES string of the molecule is NC(=O)C1=CCN2CCOCCC2N1. The van der Waals surface area contributed by atoms with Crippen LogP contribution in [0.15, 0.2) is 11.8 Å². The molecule has 0 aliphatic carbocycles. The largest absolute Gasteiger partial charge is 0.380 e. The first-order valence-electron chi connectivity index (χ1n) is 4.85. The molecule has 1 amide bonds. The van der Waals surface area contributed by atoms with Crippen LogP contribution in [-0.2, 0) is 9.53 Å². The fourth-order valence-corrected chi connectivity index (χ4v) is 1.82. The number of nitrogens with two attached hydrogens (primary N) is 1. The van der Waals surface area contributed by atoms with Crippen LogP contribution in [0, 0.1) is 0 Å². The predicted molar refractivity (Wildman–Crippen MR) is 51.2 cm³/mol. The first-order chi connectivity index (χ1) is 6.77. The van der Waals surface area contributed by atoms with Gasteiger partial charge in [0.05, 0.1) is 18.5 Å². The average Bonchev–Trinajstić information content (AvgIpc) is 2.41. The van der Waals surface area contributed by atoms with E-state index in [4.69, 9.17) is 10.5 Å². The Bertz CT molecular complexity index is 265. The predicted octanol–water partition coefficient (Wildman–Crippen LogP) is -0.993. The number of hydrogen-bond donors (Lipinski definition) is 2. The molecule has 0 aromatic carbocycles. The van der Waals surface area contributed by atoms with Gasteiger partial charge >= 0.3 is 0 Å². The van der Waals surface area contributed by atoms with E-state index in [1.165, 1.54) is 0 Å². The summed E-state index contributed by atoms with van der Waals surface area (Å²) >= 11 is 0. The molecule has 5 nitrogen and oxygen atoms in total. The van der Waals surface area contributed by atoms with Crippen molar-refractivity contribution in [1.82, 2.24) is 10.2 Å². The van der Waals surface area contributed by atoms with Crippen LogP contribution < -0.4 is 11.1 Å². The lowest BCUT2D eigenvalue weighted by Gasteiger charge is -2.33. The molecule has 78 valence electrons. The minimum Gasteiger partial charge on any atom is -0.380 e. The second-order valence-corrected chi connectivity index (χ2v) is 3.54. The van der Waals surface area contributed by atoms with Gasteiger partial charge in [-0.1, -0.05) is 0 Å². The highest BCUT2D eigenvalue weighted by Gasteiger charge is 2.25. The molecule has 1 saturated heterocycles. The quantitative estimate of drug-likeness (QED) is 0.566. The molecule has 1 atom stereocenters. The summed E-state index contributed by atoms with van der Waals surface area (Å²) in [5.74, 6) is -0.380. The van der Waals surface area contributed by atoms with E-state index in [2.05, 4.69) is 10.2 Å². The molecule has 0 aromatic heterocycles. The topological polar surface area (TPSA) is 67.6 Å². The molecular weight excluding hydrogens is 182 g/mol. The zero-order valence-electron chi connectivity index (χ0n) is 8.03. The van der Waals surface area contributed by atoms with E-state index in [1.807, 2.05) is 6.08 Å². The molecule has 0 saturated carbocycles. The number of nitrogens with zero attached hydrogens (tertiary/aromatic N) is 1. The second kappa shape index (κ2) is 3.98. The Morgan fingerprint density at radius 3 is 3.29 bits per heavy atom. The molecule has 14 heavy (non-hydrogen) atoms. The third-order valence-corrected chi connectivity index (χ3v) is 2.62. The van der Waals surface area contributed by atoms with E-state index in [1.54, 1.807) is 0 Å². The number of amides is 1. The van der Waals surface area contributed by atoms with Gasteiger partial charge in [-0.05, 0) is 6.08 Å². The van der Waals surface area contributed by atoms with Crippen molar-refractivity contribution in [3.63, 3.8) is 0 Å². The fraction of sp³-hybridized carbons (Fsp3) is 0.667. The number of primary amides is 1. The van der Waals surface area contributed by atoms with Gasteiger partial charge in [0.2, 0.25) is 0 Å². The van der Waals surface area contributed by atoms with Crippen molar-refractivity contribution >= 4 is 5.91 Å². The third-order valence-electron chi connectivity index (χ3n) is 2.62. The lowest BCUT2D eigenvalue weighted by atomic mass is 10.2. The highest BCUT2D eigenvalue weighted by atomic mass is 16.5. The zero-order valence-corrected chi connectivity index (χ0v) is 8.03. The average molecular weight is 197 g/mol. The summed E-state index contributed by atoms with van der Waals surface area (Å²) in [6.45, 7) is 3.18. The van der Waals surface area contributed by atoms with Crippen LogP contribution in [0.1, 0.15) is 6.42 Å². The Hall–Kier alpha value is -1.07. The molecule has 2 rings (SSSR count). The minimum atomic E-state index is -0.380. The lowest BCUT2D eigenvalue weighted by Crippen LogP contribution is -2.51. The maximum absolute atomic E-state index is 11.0. The number of hydrogen-bond acceptors (Lipinski definition) is 4. The van der Waals surface area contributed by atoms with E-state index in [0.29, 0.717) is 5.70 Å². The van der Waals surface area contributed by atoms with Crippen LogP contribution >= 0.6 is 0 Å². The van der Waals surface area contributed by atoms with Crippen LogP contribution in [0.2, 0.25) is 0 Å². The number of carbonyl (C=O) groups is 1. The monoisotopic (exact) mass is 197 g/mol. The molecule has 0 radical (unpaired) electrons. The van der Waals surface area contributed by atoms with Gasteiger partial charge in [-0.15, -0.1) is 0 Å². The first kappa shape index (κ1) is 9.48. The van der Waals surface area contributed by atoms with E-state index in [0.717, 1.165) is 32.7 Å². The maximum atomic E-state index is 11.0. The van der Waals surface area contributed by atoms with Crippen molar-refractivity contribution in [3.05, 3.63) is 11.8 Å². The summed E-state index contributed by atoms with van der Waals surface area (Å²) in [4.78, 5) is 13.2. The number of ether oxygens (including phenoxy) is 1. The molecule has 1 fully saturated rings. The Balaban J connectivity index is 2.06. The molecule has 0 spiro atoms. The summed E-state index contributed by atoms with van der Waals surface area (Å²) in [5, 5.41) is 3.13. The van der Waals surface area contributed by atoms with Gasteiger partial charge in [-0.2, -0.15) is 0 Å². The summed E-state index contributed by atoms with van der Waals surface area (Å²) in [5.41, 5.74) is 5.74. The van der Waals surface area contributed by atoms with E-state index < -0.39 is 0 Å². The molecule has 2 aliphatic rings. The Morgan fingerprint density at radius 2 is 2.50 bits per heavy atom. The summed E-state index contributed by atoms with van der Waals surface area (Å²) < 4.78 is 5.36. The highest BCUT2D eigenvalue weighted by molar-refractivity contribution is 5.91. The van der Waals surface area contributed by atoms with Gasteiger partial charge in [-0.25, -0.2) is 0 Å². The Kier molecular flexibility index (Phi) is 2.69. The van der Waals surface area contributed by atoms with Crippen molar-refractivity contribution in [3.8, 4) is 0 Å². The van der Waals surface area contributed by atoms with Crippen LogP contribution in [0.3, 0.4) is 0 Å². The van der Waals surface area contributed by atoms with Crippen molar-refractivity contribution in [1.29, 1.82) is 0 Å². The lowest BCUT2D eigenvalue weighted by molar-refractivity contribution is -0.115. The summed E-state index contributed by atoms with van der Waals surface area (Å²) in [6.07, 6.45) is 2.93. The molecule has 3 N–H and O–H groups in total. The van der Waals surface area contributed by atoms with E-state index in [9.17, 15) is 4.79 Å². The molecule has 0 bridgehead atoms. The molecule has 0 aromatic rings. The van der Waals surface area contributed by atoms with Crippen molar-refractivity contribution in [2.24, 2.45) is 5.73 Å². The summed E-state index contributed by atoms with van der Waals surface area (Å²) in [6, 6.07) is 0.